The minimum Gasteiger partial charge on any atom is -0.483 e. The van der Waals surface area contributed by atoms with E-state index in [1.807, 2.05) is 50.2 Å². The highest BCUT2D eigenvalue weighted by Gasteiger charge is 2.32. The fraction of sp³-hybridized carbons (Fsp3) is 0.350. The van der Waals surface area contributed by atoms with Crippen molar-refractivity contribution < 1.29 is 14.3 Å². The molecule has 0 aliphatic carbocycles. The Morgan fingerprint density at radius 1 is 1.22 bits per heavy atom. The summed E-state index contributed by atoms with van der Waals surface area (Å²) in [5, 5.41) is 0. The summed E-state index contributed by atoms with van der Waals surface area (Å²) in [5.41, 5.74) is 3.75. The van der Waals surface area contributed by atoms with Crippen molar-refractivity contribution in [2.45, 2.75) is 39.7 Å². The van der Waals surface area contributed by atoms with Crippen LogP contribution in [0.3, 0.4) is 0 Å². The quantitative estimate of drug-likeness (QED) is 0.791. The molecule has 3 heteroatoms. The molecular weight excluding hydrogens is 288 g/mol. The van der Waals surface area contributed by atoms with E-state index in [9.17, 15) is 4.79 Å². The molecule has 0 amide bonds. The number of rotatable bonds is 4. The smallest absolute Gasteiger partial charge is 0.200 e. The van der Waals surface area contributed by atoms with Gasteiger partial charge in [0.1, 0.15) is 5.60 Å². The predicted octanol–water partition coefficient (Wildman–Crippen LogP) is 4.28. The highest BCUT2D eigenvalue weighted by Crippen LogP contribution is 2.41. The molecule has 2 aromatic carbocycles. The van der Waals surface area contributed by atoms with E-state index in [0.29, 0.717) is 11.3 Å². The Balaban J connectivity index is 1.75. The van der Waals surface area contributed by atoms with Gasteiger partial charge in [-0.2, -0.15) is 0 Å². The first-order valence-electron chi connectivity index (χ1n) is 7.90. The number of para-hydroxylation sites is 1. The highest BCUT2D eigenvalue weighted by atomic mass is 16.5. The van der Waals surface area contributed by atoms with Gasteiger partial charge in [0.05, 0.1) is 0 Å². The summed E-state index contributed by atoms with van der Waals surface area (Å²) in [7, 11) is 0. The number of hydrogen-bond acceptors (Lipinski definition) is 3. The first-order chi connectivity index (χ1) is 10.9. The second kappa shape index (κ2) is 5.73. The third kappa shape index (κ3) is 3.24. The monoisotopic (exact) mass is 310 g/mol. The summed E-state index contributed by atoms with van der Waals surface area (Å²) in [4.78, 5) is 12.4. The van der Waals surface area contributed by atoms with Crippen molar-refractivity contribution in [2.75, 3.05) is 6.61 Å². The van der Waals surface area contributed by atoms with E-state index in [0.717, 1.165) is 28.9 Å². The lowest BCUT2D eigenvalue weighted by Gasteiger charge is -2.18. The van der Waals surface area contributed by atoms with Gasteiger partial charge in [0.25, 0.3) is 0 Å². The number of hydrogen-bond donors (Lipinski definition) is 0. The van der Waals surface area contributed by atoms with E-state index in [1.165, 1.54) is 0 Å². The maximum absolute atomic E-state index is 12.4. The number of carbonyl (C=O) groups excluding carboxylic acids is 1. The Morgan fingerprint density at radius 3 is 2.74 bits per heavy atom. The standard InChI is InChI=1S/C20H22O3/c1-13-8-9-16(14(2)10-13)17(21)12-22-18-7-5-6-15-11-20(3,4)23-19(15)18/h5-10H,11-12H2,1-4H3. The van der Waals surface area contributed by atoms with Crippen LogP contribution < -0.4 is 9.47 Å². The Bertz CT molecular complexity index is 759. The largest absolute Gasteiger partial charge is 0.483 e. The van der Waals surface area contributed by atoms with Gasteiger partial charge in [-0.1, -0.05) is 35.9 Å². The van der Waals surface area contributed by atoms with Gasteiger partial charge < -0.3 is 9.47 Å². The first kappa shape index (κ1) is 15.6. The molecule has 0 unspecified atom stereocenters. The van der Waals surface area contributed by atoms with Crippen molar-refractivity contribution in [3.8, 4) is 11.5 Å². The number of ketones is 1. The van der Waals surface area contributed by atoms with Crippen LogP contribution in [0.5, 0.6) is 11.5 Å². The van der Waals surface area contributed by atoms with Gasteiger partial charge in [-0.05, 0) is 39.3 Å². The van der Waals surface area contributed by atoms with Crippen LogP contribution in [0.2, 0.25) is 0 Å². The third-order valence-corrected chi connectivity index (χ3v) is 4.10. The fourth-order valence-electron chi connectivity index (χ4n) is 3.05. The van der Waals surface area contributed by atoms with Gasteiger partial charge in [-0.15, -0.1) is 0 Å². The zero-order chi connectivity index (χ0) is 16.6. The van der Waals surface area contributed by atoms with Crippen LogP contribution in [0.15, 0.2) is 36.4 Å². The van der Waals surface area contributed by atoms with Crippen LogP contribution in [0.25, 0.3) is 0 Å². The molecule has 0 aromatic heterocycles. The van der Waals surface area contributed by atoms with E-state index < -0.39 is 0 Å². The molecule has 3 nitrogen and oxygen atoms in total. The molecule has 0 saturated heterocycles. The van der Waals surface area contributed by atoms with Gasteiger partial charge in [0.15, 0.2) is 23.9 Å². The van der Waals surface area contributed by atoms with Gasteiger partial charge in [-0.25, -0.2) is 0 Å². The molecule has 0 saturated carbocycles. The Hall–Kier alpha value is -2.29. The van der Waals surface area contributed by atoms with Crippen molar-refractivity contribution in [1.29, 1.82) is 0 Å². The first-order valence-corrected chi connectivity index (χ1v) is 7.90. The second-order valence-corrected chi connectivity index (χ2v) is 6.81. The summed E-state index contributed by atoms with van der Waals surface area (Å²) < 4.78 is 11.7. The van der Waals surface area contributed by atoms with Crippen molar-refractivity contribution in [3.63, 3.8) is 0 Å². The maximum Gasteiger partial charge on any atom is 0.200 e. The molecule has 0 bridgehead atoms. The van der Waals surface area contributed by atoms with Gasteiger partial charge >= 0.3 is 0 Å². The summed E-state index contributed by atoms with van der Waals surface area (Å²) in [6.45, 7) is 8.09. The molecule has 23 heavy (non-hydrogen) atoms. The minimum absolute atomic E-state index is 0.0163. The second-order valence-electron chi connectivity index (χ2n) is 6.81. The molecule has 0 spiro atoms. The predicted molar refractivity (Wildman–Crippen MR) is 90.6 cm³/mol. The molecule has 0 fully saturated rings. The SMILES string of the molecule is Cc1ccc(C(=O)COc2cccc3c2OC(C)(C)C3)c(C)c1. The van der Waals surface area contributed by atoms with Crippen LogP contribution in [0, 0.1) is 13.8 Å². The highest BCUT2D eigenvalue weighted by molar-refractivity contribution is 5.98. The minimum atomic E-state index is -0.223. The van der Waals surface area contributed by atoms with E-state index in [2.05, 4.69) is 13.8 Å². The topological polar surface area (TPSA) is 35.5 Å². The molecule has 120 valence electrons. The average molecular weight is 310 g/mol. The molecule has 1 aliphatic heterocycles. The zero-order valence-electron chi connectivity index (χ0n) is 14.1. The maximum atomic E-state index is 12.4. The normalized spacial score (nSPS) is 15.0. The lowest BCUT2D eigenvalue weighted by atomic mass is 10.0. The fourth-order valence-corrected chi connectivity index (χ4v) is 3.05. The summed E-state index contributed by atoms with van der Waals surface area (Å²) in [5.74, 6) is 1.40. The Morgan fingerprint density at radius 2 is 2.00 bits per heavy atom. The molecule has 1 aliphatic rings. The van der Waals surface area contributed by atoms with Crippen LogP contribution in [0.1, 0.15) is 40.9 Å². The van der Waals surface area contributed by atoms with E-state index in [1.54, 1.807) is 0 Å². The zero-order valence-corrected chi connectivity index (χ0v) is 14.1. The molecule has 3 rings (SSSR count). The molecule has 0 atom stereocenters. The number of aryl methyl sites for hydroxylation is 2. The Labute approximate surface area is 137 Å². The molecule has 0 radical (unpaired) electrons. The molecular formula is C20H22O3. The molecule has 1 heterocycles. The van der Waals surface area contributed by atoms with Gasteiger partial charge in [-0.3, -0.25) is 4.79 Å². The van der Waals surface area contributed by atoms with Crippen LogP contribution >= 0.6 is 0 Å². The summed E-state index contributed by atoms with van der Waals surface area (Å²) >= 11 is 0. The van der Waals surface area contributed by atoms with Crippen LogP contribution in [-0.4, -0.2) is 18.0 Å². The summed E-state index contributed by atoms with van der Waals surface area (Å²) in [6.07, 6.45) is 0.852. The van der Waals surface area contributed by atoms with Crippen molar-refractivity contribution in [3.05, 3.63) is 58.7 Å². The number of benzene rings is 2. The van der Waals surface area contributed by atoms with Gasteiger partial charge in [0, 0.05) is 17.5 Å². The van der Waals surface area contributed by atoms with Crippen molar-refractivity contribution >= 4 is 5.78 Å². The van der Waals surface area contributed by atoms with Crippen molar-refractivity contribution in [2.24, 2.45) is 0 Å². The number of Topliss-reactive ketones (excluding diaryl/α,β-unsaturated/α-hetero) is 1. The average Bonchev–Trinajstić information content (AvgIpc) is 2.79. The number of carbonyl (C=O) groups is 1. The third-order valence-electron chi connectivity index (χ3n) is 4.10. The van der Waals surface area contributed by atoms with Crippen molar-refractivity contribution in [1.82, 2.24) is 0 Å². The molecule has 0 N–H and O–H groups in total. The summed E-state index contributed by atoms with van der Waals surface area (Å²) in [6, 6.07) is 11.7. The lowest BCUT2D eigenvalue weighted by Crippen LogP contribution is -2.24. The van der Waals surface area contributed by atoms with E-state index in [4.69, 9.17) is 9.47 Å². The molecule has 2 aromatic rings. The number of ether oxygens (including phenoxy) is 2. The van der Waals surface area contributed by atoms with Gasteiger partial charge in [0.2, 0.25) is 0 Å². The van der Waals surface area contributed by atoms with E-state index >= 15 is 0 Å². The van der Waals surface area contributed by atoms with Crippen LogP contribution in [-0.2, 0) is 6.42 Å². The Kier molecular flexibility index (Phi) is 3.88. The van der Waals surface area contributed by atoms with E-state index in [-0.39, 0.29) is 18.0 Å². The van der Waals surface area contributed by atoms with Crippen LogP contribution in [0.4, 0.5) is 0 Å². The lowest BCUT2D eigenvalue weighted by molar-refractivity contribution is 0.0911. The number of fused-ring (bicyclic) bond motifs is 1.